The third-order valence-electron chi connectivity index (χ3n) is 4.47. The summed E-state index contributed by atoms with van der Waals surface area (Å²) in [4.78, 5) is 0. The Balaban J connectivity index is 1.90. The fourth-order valence-electron chi connectivity index (χ4n) is 2.92. The summed E-state index contributed by atoms with van der Waals surface area (Å²) in [5, 5.41) is 4.90. The normalized spacial score (nSPS) is 11.0. The second-order valence-electron chi connectivity index (χ2n) is 5.80. The average Bonchev–Trinajstić information content (AvgIpc) is 2.73. The zero-order valence-corrected chi connectivity index (χ0v) is 13.2. The Morgan fingerprint density at radius 1 is 0.952 bits per heavy atom. The van der Waals surface area contributed by atoms with Crippen LogP contribution in [0.25, 0.3) is 10.9 Å². The van der Waals surface area contributed by atoms with Crippen molar-refractivity contribution in [2.75, 3.05) is 5.32 Å². The molecule has 3 rings (SSSR count). The molecule has 0 bridgehead atoms. The Labute approximate surface area is 126 Å². The molecule has 1 N–H and O–H groups in total. The third kappa shape index (κ3) is 2.42. The largest absolute Gasteiger partial charge is 0.379 e. The van der Waals surface area contributed by atoms with Crippen LogP contribution in [0.5, 0.6) is 0 Å². The second-order valence-corrected chi connectivity index (χ2v) is 5.80. The first-order valence-electron chi connectivity index (χ1n) is 7.42. The van der Waals surface area contributed by atoms with E-state index in [-0.39, 0.29) is 0 Å². The predicted octanol–water partition coefficient (Wildman–Crippen LogP) is 4.72. The number of rotatable bonds is 3. The molecule has 2 aromatic carbocycles. The zero-order chi connectivity index (χ0) is 15.0. The zero-order valence-electron chi connectivity index (χ0n) is 13.2. The van der Waals surface area contributed by atoms with Crippen molar-refractivity contribution in [3.05, 3.63) is 64.8 Å². The topological polar surface area (TPSA) is 17.0 Å². The molecule has 21 heavy (non-hydrogen) atoms. The molecule has 0 saturated carbocycles. The predicted molar refractivity (Wildman–Crippen MR) is 90.9 cm³/mol. The molecule has 108 valence electrons. The van der Waals surface area contributed by atoms with Crippen LogP contribution in [0.3, 0.4) is 0 Å². The standard InChI is InChI=1S/C19H22N2/c1-13-9-10-16(11-14(13)2)20-12-19-15(3)17-7-5-6-8-18(17)21(19)4/h5-11,20H,12H2,1-4H3. The molecule has 3 aromatic rings. The number of para-hydroxylation sites is 1. The molecule has 0 radical (unpaired) electrons. The Morgan fingerprint density at radius 2 is 1.71 bits per heavy atom. The lowest BCUT2D eigenvalue weighted by Crippen LogP contribution is -2.06. The van der Waals surface area contributed by atoms with Crippen molar-refractivity contribution in [1.29, 1.82) is 0 Å². The lowest BCUT2D eigenvalue weighted by molar-refractivity contribution is 0.862. The van der Waals surface area contributed by atoms with Crippen molar-refractivity contribution < 1.29 is 0 Å². The number of aryl methyl sites for hydroxylation is 4. The number of hydrogen-bond acceptors (Lipinski definition) is 1. The minimum absolute atomic E-state index is 0.847. The van der Waals surface area contributed by atoms with Crippen molar-refractivity contribution >= 4 is 16.6 Å². The van der Waals surface area contributed by atoms with E-state index in [1.165, 1.54) is 39.0 Å². The van der Waals surface area contributed by atoms with Crippen LogP contribution in [0, 0.1) is 20.8 Å². The van der Waals surface area contributed by atoms with Gasteiger partial charge >= 0.3 is 0 Å². The molecule has 0 amide bonds. The first kappa shape index (κ1) is 13.7. The molecular formula is C19H22N2. The van der Waals surface area contributed by atoms with Gasteiger partial charge in [0.25, 0.3) is 0 Å². The molecule has 0 aliphatic carbocycles. The van der Waals surface area contributed by atoms with Gasteiger partial charge in [-0.25, -0.2) is 0 Å². The Hall–Kier alpha value is -2.22. The smallest absolute Gasteiger partial charge is 0.0556 e. The van der Waals surface area contributed by atoms with Gasteiger partial charge in [-0.15, -0.1) is 0 Å². The summed E-state index contributed by atoms with van der Waals surface area (Å²) < 4.78 is 2.29. The van der Waals surface area contributed by atoms with E-state index >= 15 is 0 Å². The third-order valence-corrected chi connectivity index (χ3v) is 4.47. The minimum Gasteiger partial charge on any atom is -0.379 e. The first-order valence-corrected chi connectivity index (χ1v) is 7.42. The summed E-state index contributed by atoms with van der Waals surface area (Å²) in [6.07, 6.45) is 0. The van der Waals surface area contributed by atoms with Gasteiger partial charge in [0.05, 0.1) is 6.54 Å². The molecule has 0 unspecified atom stereocenters. The molecule has 1 aromatic heterocycles. The molecule has 0 atom stereocenters. The van der Waals surface area contributed by atoms with Gasteiger partial charge in [-0.3, -0.25) is 0 Å². The highest BCUT2D eigenvalue weighted by atomic mass is 15.0. The maximum absolute atomic E-state index is 3.55. The molecule has 0 fully saturated rings. The number of benzene rings is 2. The van der Waals surface area contributed by atoms with Gasteiger partial charge in [0.2, 0.25) is 0 Å². The SMILES string of the molecule is Cc1ccc(NCc2c(C)c3ccccc3n2C)cc1C. The number of nitrogens with one attached hydrogen (secondary N) is 1. The van der Waals surface area contributed by atoms with E-state index in [0.717, 1.165) is 6.54 Å². The average molecular weight is 278 g/mol. The molecule has 2 nitrogen and oxygen atoms in total. The van der Waals surface area contributed by atoms with E-state index in [2.05, 4.69) is 80.2 Å². The molecule has 1 heterocycles. The van der Waals surface area contributed by atoms with Gasteiger partial charge in [-0.05, 0) is 55.7 Å². The van der Waals surface area contributed by atoms with E-state index in [1.54, 1.807) is 0 Å². The van der Waals surface area contributed by atoms with Gasteiger partial charge in [0.1, 0.15) is 0 Å². The van der Waals surface area contributed by atoms with Crippen molar-refractivity contribution in [2.45, 2.75) is 27.3 Å². The number of hydrogen-bond donors (Lipinski definition) is 1. The molecule has 2 heteroatoms. The molecule has 0 saturated heterocycles. The van der Waals surface area contributed by atoms with Crippen LogP contribution < -0.4 is 5.32 Å². The fourth-order valence-corrected chi connectivity index (χ4v) is 2.92. The van der Waals surface area contributed by atoms with Gasteiger partial charge in [0, 0.05) is 29.3 Å². The second kappa shape index (κ2) is 5.28. The van der Waals surface area contributed by atoms with E-state index < -0.39 is 0 Å². The van der Waals surface area contributed by atoms with Crippen LogP contribution in [-0.2, 0) is 13.6 Å². The van der Waals surface area contributed by atoms with E-state index in [4.69, 9.17) is 0 Å². The van der Waals surface area contributed by atoms with Crippen LogP contribution in [-0.4, -0.2) is 4.57 Å². The summed E-state index contributed by atoms with van der Waals surface area (Å²) in [6, 6.07) is 15.1. The van der Waals surface area contributed by atoms with Crippen LogP contribution in [0.2, 0.25) is 0 Å². The van der Waals surface area contributed by atoms with Crippen LogP contribution in [0.1, 0.15) is 22.4 Å². The van der Waals surface area contributed by atoms with Gasteiger partial charge < -0.3 is 9.88 Å². The van der Waals surface area contributed by atoms with Crippen molar-refractivity contribution in [3.63, 3.8) is 0 Å². The molecule has 0 spiro atoms. The summed E-state index contributed by atoms with van der Waals surface area (Å²) in [7, 11) is 2.15. The molecular weight excluding hydrogens is 256 g/mol. The summed E-state index contributed by atoms with van der Waals surface area (Å²) in [5.74, 6) is 0. The highest BCUT2D eigenvalue weighted by molar-refractivity contribution is 5.85. The quantitative estimate of drug-likeness (QED) is 0.734. The lowest BCUT2D eigenvalue weighted by Gasteiger charge is -2.11. The monoisotopic (exact) mass is 278 g/mol. The van der Waals surface area contributed by atoms with E-state index in [1.807, 2.05) is 0 Å². The van der Waals surface area contributed by atoms with E-state index in [9.17, 15) is 0 Å². The van der Waals surface area contributed by atoms with Crippen LogP contribution >= 0.6 is 0 Å². The Bertz CT molecular complexity index is 758. The number of fused-ring (bicyclic) bond motifs is 1. The Kier molecular flexibility index (Phi) is 3.46. The maximum atomic E-state index is 3.55. The maximum Gasteiger partial charge on any atom is 0.0556 e. The van der Waals surface area contributed by atoms with Crippen LogP contribution in [0.4, 0.5) is 5.69 Å². The highest BCUT2D eigenvalue weighted by Crippen LogP contribution is 2.25. The van der Waals surface area contributed by atoms with Gasteiger partial charge in [0.15, 0.2) is 0 Å². The number of nitrogens with zero attached hydrogens (tertiary/aromatic N) is 1. The van der Waals surface area contributed by atoms with Crippen molar-refractivity contribution in [2.24, 2.45) is 7.05 Å². The van der Waals surface area contributed by atoms with Crippen molar-refractivity contribution in [1.82, 2.24) is 4.57 Å². The van der Waals surface area contributed by atoms with Gasteiger partial charge in [-0.1, -0.05) is 24.3 Å². The van der Waals surface area contributed by atoms with Crippen LogP contribution in [0.15, 0.2) is 42.5 Å². The number of aromatic nitrogens is 1. The summed E-state index contributed by atoms with van der Waals surface area (Å²) >= 11 is 0. The van der Waals surface area contributed by atoms with Crippen molar-refractivity contribution in [3.8, 4) is 0 Å². The minimum atomic E-state index is 0.847. The molecule has 0 aliphatic rings. The van der Waals surface area contributed by atoms with Gasteiger partial charge in [-0.2, -0.15) is 0 Å². The first-order chi connectivity index (χ1) is 10.1. The molecule has 0 aliphatic heterocycles. The lowest BCUT2D eigenvalue weighted by atomic mass is 10.1. The summed E-state index contributed by atoms with van der Waals surface area (Å²) in [6.45, 7) is 7.36. The summed E-state index contributed by atoms with van der Waals surface area (Å²) in [5.41, 5.74) is 7.85. The highest BCUT2D eigenvalue weighted by Gasteiger charge is 2.10. The number of anilines is 1. The van der Waals surface area contributed by atoms with E-state index in [0.29, 0.717) is 0 Å². The fraction of sp³-hybridized carbons (Fsp3) is 0.263. The Morgan fingerprint density at radius 3 is 2.43 bits per heavy atom.